The number of carbonyl (C=O) groups is 1. The van der Waals surface area contributed by atoms with Crippen LogP contribution in [-0.2, 0) is 11.3 Å². The van der Waals surface area contributed by atoms with Gasteiger partial charge in [0.15, 0.2) is 5.82 Å². The lowest BCUT2D eigenvalue weighted by Gasteiger charge is -2.19. The second-order valence-corrected chi connectivity index (χ2v) is 8.22. The van der Waals surface area contributed by atoms with Gasteiger partial charge >= 0.3 is 5.69 Å². The fourth-order valence-corrected chi connectivity index (χ4v) is 3.79. The number of hydrogen-bond acceptors (Lipinski definition) is 5. The number of ether oxygens (including phenoxy) is 1. The molecule has 2 aromatic carbocycles. The average Bonchev–Trinajstić information content (AvgIpc) is 3.58. The van der Waals surface area contributed by atoms with Crippen molar-refractivity contribution in [1.29, 1.82) is 0 Å². The molecule has 0 aliphatic heterocycles. The van der Waals surface area contributed by atoms with Gasteiger partial charge in [-0.2, -0.15) is 0 Å². The number of nitrogens with one attached hydrogen (secondary N) is 1. The van der Waals surface area contributed by atoms with Gasteiger partial charge < -0.3 is 15.2 Å². The highest BCUT2D eigenvalue weighted by Gasteiger charge is 2.31. The minimum Gasteiger partial charge on any atom is -0.497 e. The number of nitrogens with zero attached hydrogens (tertiary/aromatic N) is 3. The molecule has 0 spiro atoms. The number of hydrogen-bond donors (Lipinski definition) is 2. The van der Waals surface area contributed by atoms with Gasteiger partial charge in [-0.3, -0.25) is 9.36 Å². The minimum absolute atomic E-state index is 0.0981. The summed E-state index contributed by atoms with van der Waals surface area (Å²) in [6, 6.07) is 14.1. The number of rotatable bonds is 9. The van der Waals surface area contributed by atoms with Crippen LogP contribution in [0, 0.1) is 0 Å². The molecule has 4 rings (SSSR count). The molecular weight excluding hydrogens is 432 g/mol. The largest absolute Gasteiger partial charge is 0.497 e. The maximum Gasteiger partial charge on any atom is 0.346 e. The number of aromatic nitrogens is 3. The second kappa shape index (κ2) is 9.58. The van der Waals surface area contributed by atoms with Crippen LogP contribution in [0.15, 0.2) is 53.3 Å². The minimum atomic E-state index is -0.417. The first-order valence-electron chi connectivity index (χ1n) is 10.5. The Morgan fingerprint density at radius 1 is 1.28 bits per heavy atom. The van der Waals surface area contributed by atoms with Crippen molar-refractivity contribution in [3.05, 3.63) is 69.6 Å². The lowest BCUT2D eigenvalue weighted by Crippen LogP contribution is -2.36. The van der Waals surface area contributed by atoms with Crippen molar-refractivity contribution in [1.82, 2.24) is 19.7 Å². The molecule has 168 valence electrons. The van der Waals surface area contributed by atoms with Crippen molar-refractivity contribution in [2.24, 2.45) is 0 Å². The summed E-state index contributed by atoms with van der Waals surface area (Å²) in [5.74, 6) is 0.824. The van der Waals surface area contributed by atoms with Gasteiger partial charge in [-0.25, -0.2) is 9.48 Å². The molecule has 1 aromatic heterocycles. The molecule has 1 aliphatic rings. The van der Waals surface area contributed by atoms with Gasteiger partial charge in [-0.05, 0) is 61.2 Å². The van der Waals surface area contributed by atoms with Crippen molar-refractivity contribution in [2.45, 2.75) is 37.9 Å². The fourth-order valence-electron chi connectivity index (χ4n) is 3.67. The quantitative estimate of drug-likeness (QED) is 0.516. The Hall–Kier alpha value is -3.10. The Bertz CT molecular complexity index is 1150. The molecule has 1 unspecified atom stereocenters. The molecule has 3 aromatic rings. The molecule has 1 saturated carbocycles. The highest BCUT2D eigenvalue weighted by Crippen LogP contribution is 2.36. The molecule has 0 bridgehead atoms. The van der Waals surface area contributed by atoms with E-state index < -0.39 is 6.04 Å². The van der Waals surface area contributed by atoms with Crippen LogP contribution in [0.1, 0.15) is 36.9 Å². The first-order chi connectivity index (χ1) is 15.5. The monoisotopic (exact) mass is 456 g/mol. The molecule has 9 heteroatoms. The molecule has 0 radical (unpaired) electrons. The van der Waals surface area contributed by atoms with E-state index in [0.29, 0.717) is 23.0 Å². The molecule has 2 N–H and O–H groups in total. The zero-order chi connectivity index (χ0) is 22.7. The molecule has 32 heavy (non-hydrogen) atoms. The Morgan fingerprint density at radius 3 is 2.69 bits per heavy atom. The Labute approximate surface area is 190 Å². The molecule has 8 nitrogen and oxygen atoms in total. The smallest absolute Gasteiger partial charge is 0.346 e. The van der Waals surface area contributed by atoms with Gasteiger partial charge in [0.05, 0.1) is 13.2 Å². The first kappa shape index (κ1) is 22.1. The number of carbonyl (C=O) groups excluding carboxylic acids is 1. The van der Waals surface area contributed by atoms with E-state index in [9.17, 15) is 14.7 Å². The number of halogens is 1. The zero-order valence-corrected chi connectivity index (χ0v) is 18.5. The first-order valence-corrected chi connectivity index (χ1v) is 10.9. The normalized spacial score (nSPS) is 14.2. The van der Waals surface area contributed by atoms with E-state index in [0.717, 1.165) is 24.0 Å². The Kier molecular flexibility index (Phi) is 6.62. The Morgan fingerprint density at radius 2 is 2.03 bits per heavy atom. The van der Waals surface area contributed by atoms with E-state index in [1.54, 1.807) is 23.8 Å². The van der Waals surface area contributed by atoms with Crippen molar-refractivity contribution >= 4 is 17.5 Å². The molecule has 1 atom stereocenters. The molecule has 1 amide bonds. The third-order valence-corrected chi connectivity index (χ3v) is 5.68. The van der Waals surface area contributed by atoms with E-state index in [4.69, 9.17) is 16.3 Å². The van der Waals surface area contributed by atoms with Crippen molar-refractivity contribution in [2.75, 3.05) is 13.7 Å². The fraction of sp³-hybridized carbons (Fsp3) is 0.348. The molecule has 1 aliphatic carbocycles. The number of aliphatic hydroxyl groups excluding tert-OH is 1. The van der Waals surface area contributed by atoms with Crippen LogP contribution in [0.4, 0.5) is 0 Å². The molecular formula is C23H25ClN4O4. The standard InChI is InChI=1S/C23H25ClN4O4/c1-32-19-4-2-3-16(13-19)20(11-12-29)25-21(30)14-27-23(31)28(18-9-10-18)22(26-27)15-5-7-17(24)8-6-15/h2-8,13,18,20,29H,9-12,14H2,1H3,(H,25,30). The summed E-state index contributed by atoms with van der Waals surface area (Å²) in [7, 11) is 1.57. The van der Waals surface area contributed by atoms with Crippen molar-refractivity contribution < 1.29 is 14.6 Å². The number of benzene rings is 2. The second-order valence-electron chi connectivity index (χ2n) is 7.78. The van der Waals surface area contributed by atoms with Crippen LogP contribution >= 0.6 is 11.6 Å². The zero-order valence-electron chi connectivity index (χ0n) is 17.7. The summed E-state index contributed by atoms with van der Waals surface area (Å²) in [6.45, 7) is -0.315. The van der Waals surface area contributed by atoms with E-state index in [2.05, 4.69) is 10.4 Å². The van der Waals surface area contributed by atoms with Gasteiger partial charge in [0.25, 0.3) is 0 Å². The van der Waals surface area contributed by atoms with Gasteiger partial charge in [0.2, 0.25) is 5.91 Å². The maximum atomic E-state index is 13.0. The maximum absolute atomic E-state index is 13.0. The summed E-state index contributed by atoms with van der Waals surface area (Å²) in [6.07, 6.45) is 2.15. The summed E-state index contributed by atoms with van der Waals surface area (Å²) in [5, 5.41) is 17.4. The third-order valence-electron chi connectivity index (χ3n) is 5.43. The summed E-state index contributed by atoms with van der Waals surface area (Å²) in [5.41, 5.74) is 1.27. The summed E-state index contributed by atoms with van der Waals surface area (Å²) >= 11 is 5.99. The molecule has 0 saturated heterocycles. The Balaban J connectivity index is 1.56. The number of methoxy groups -OCH3 is 1. The van der Waals surface area contributed by atoms with E-state index in [1.807, 2.05) is 36.4 Å². The highest BCUT2D eigenvalue weighted by atomic mass is 35.5. The van der Waals surface area contributed by atoms with E-state index >= 15 is 0 Å². The lowest BCUT2D eigenvalue weighted by molar-refractivity contribution is -0.122. The van der Waals surface area contributed by atoms with E-state index in [-0.39, 0.29) is 30.8 Å². The number of aliphatic hydroxyl groups is 1. The lowest BCUT2D eigenvalue weighted by atomic mass is 10.0. The van der Waals surface area contributed by atoms with E-state index in [1.165, 1.54) is 4.68 Å². The summed E-state index contributed by atoms with van der Waals surface area (Å²) in [4.78, 5) is 25.8. The van der Waals surface area contributed by atoms with Gasteiger partial charge in [-0.15, -0.1) is 5.10 Å². The predicted octanol–water partition coefficient (Wildman–Crippen LogP) is 2.95. The molecule has 1 fully saturated rings. The van der Waals surface area contributed by atoms with Gasteiger partial charge in [0.1, 0.15) is 12.3 Å². The number of amides is 1. The van der Waals surface area contributed by atoms with Crippen LogP contribution in [0.5, 0.6) is 5.75 Å². The van der Waals surface area contributed by atoms with Crippen LogP contribution in [0.25, 0.3) is 11.4 Å². The third kappa shape index (κ3) is 4.87. The van der Waals surface area contributed by atoms with Gasteiger partial charge in [-0.1, -0.05) is 23.7 Å². The van der Waals surface area contributed by atoms with Crippen LogP contribution in [0.2, 0.25) is 5.02 Å². The van der Waals surface area contributed by atoms with Crippen LogP contribution in [0.3, 0.4) is 0 Å². The van der Waals surface area contributed by atoms with Crippen LogP contribution in [-0.4, -0.2) is 39.1 Å². The van der Waals surface area contributed by atoms with Crippen molar-refractivity contribution in [3.63, 3.8) is 0 Å². The van der Waals surface area contributed by atoms with Gasteiger partial charge in [0, 0.05) is 23.2 Å². The predicted molar refractivity (Wildman–Crippen MR) is 121 cm³/mol. The SMILES string of the molecule is COc1cccc(C(CCO)NC(=O)Cn2nc(-c3ccc(Cl)cc3)n(C3CC3)c2=O)c1. The highest BCUT2D eigenvalue weighted by molar-refractivity contribution is 6.30. The summed E-state index contributed by atoms with van der Waals surface area (Å²) < 4.78 is 8.10. The topological polar surface area (TPSA) is 98.4 Å². The van der Waals surface area contributed by atoms with Crippen molar-refractivity contribution in [3.8, 4) is 17.1 Å². The average molecular weight is 457 g/mol. The van der Waals surface area contributed by atoms with Crippen LogP contribution < -0.4 is 15.7 Å². The molecule has 1 heterocycles.